The summed E-state index contributed by atoms with van der Waals surface area (Å²) < 4.78 is 0. The summed E-state index contributed by atoms with van der Waals surface area (Å²) in [7, 11) is 0. The largest absolute Gasteiger partial charge is 0.315 e. The van der Waals surface area contributed by atoms with Gasteiger partial charge in [-0.2, -0.15) is 0 Å². The van der Waals surface area contributed by atoms with Crippen LogP contribution in [0.15, 0.2) is 0 Å². The summed E-state index contributed by atoms with van der Waals surface area (Å²) in [4.78, 5) is 2.94. The van der Waals surface area contributed by atoms with Gasteiger partial charge in [-0.3, -0.25) is 4.90 Å². The van der Waals surface area contributed by atoms with Crippen molar-refractivity contribution >= 4 is 0 Å². The molecule has 2 aliphatic heterocycles. The Labute approximate surface area is 119 Å². The smallest absolute Gasteiger partial charge is 0.0264 e. The fourth-order valence-electron chi connectivity index (χ4n) is 5.05. The van der Waals surface area contributed by atoms with E-state index in [1.807, 2.05) is 0 Å². The Morgan fingerprint density at radius 2 is 1.89 bits per heavy atom. The Kier molecular flexibility index (Phi) is 4.19. The molecule has 0 aromatic rings. The van der Waals surface area contributed by atoms with E-state index in [2.05, 4.69) is 31.0 Å². The molecule has 0 bridgehead atoms. The molecular weight excluding hydrogens is 232 g/mol. The van der Waals surface area contributed by atoms with Gasteiger partial charge in [-0.05, 0) is 62.4 Å². The Balaban J connectivity index is 1.76. The van der Waals surface area contributed by atoms with Crippen molar-refractivity contribution < 1.29 is 0 Å². The van der Waals surface area contributed by atoms with Gasteiger partial charge in [0.05, 0.1) is 0 Å². The van der Waals surface area contributed by atoms with E-state index >= 15 is 0 Å². The van der Waals surface area contributed by atoms with Gasteiger partial charge in [-0.25, -0.2) is 0 Å². The van der Waals surface area contributed by atoms with Crippen LogP contribution in [0.5, 0.6) is 0 Å². The summed E-state index contributed by atoms with van der Waals surface area (Å²) >= 11 is 0. The van der Waals surface area contributed by atoms with Gasteiger partial charge in [0.1, 0.15) is 0 Å². The molecule has 5 atom stereocenters. The molecule has 1 aliphatic carbocycles. The zero-order chi connectivity index (χ0) is 13.4. The van der Waals surface area contributed by atoms with Crippen LogP contribution in [0, 0.1) is 23.7 Å². The summed E-state index contributed by atoms with van der Waals surface area (Å²) in [5.41, 5.74) is 0. The molecule has 0 amide bonds. The van der Waals surface area contributed by atoms with Crippen molar-refractivity contribution in [3.63, 3.8) is 0 Å². The third kappa shape index (κ3) is 2.71. The summed E-state index contributed by atoms with van der Waals surface area (Å²) in [5.74, 6) is 3.68. The van der Waals surface area contributed by atoms with Crippen LogP contribution in [-0.4, -0.2) is 36.6 Å². The molecule has 0 radical (unpaired) electrons. The molecule has 0 spiro atoms. The topological polar surface area (TPSA) is 15.3 Å². The lowest BCUT2D eigenvalue weighted by atomic mass is 9.72. The van der Waals surface area contributed by atoms with Crippen molar-refractivity contribution in [3.05, 3.63) is 0 Å². The second-order valence-electron chi connectivity index (χ2n) is 7.76. The molecule has 0 aromatic heterocycles. The van der Waals surface area contributed by atoms with Crippen LogP contribution in [0.4, 0.5) is 0 Å². The lowest BCUT2D eigenvalue weighted by Gasteiger charge is -2.49. The minimum absolute atomic E-state index is 0.852. The number of nitrogens with zero attached hydrogens (tertiary/aromatic N) is 1. The highest BCUT2D eigenvalue weighted by Crippen LogP contribution is 2.40. The molecule has 3 fully saturated rings. The molecule has 0 aromatic carbocycles. The molecule has 3 aliphatic rings. The van der Waals surface area contributed by atoms with Gasteiger partial charge in [0.2, 0.25) is 0 Å². The first kappa shape index (κ1) is 13.9. The predicted molar refractivity (Wildman–Crippen MR) is 81.2 cm³/mol. The summed E-state index contributed by atoms with van der Waals surface area (Å²) in [6.45, 7) is 11.3. The number of likely N-dealkylation sites (tertiary alicyclic amines) is 1. The Morgan fingerprint density at radius 3 is 2.68 bits per heavy atom. The first-order chi connectivity index (χ1) is 9.16. The first-order valence-electron chi connectivity index (χ1n) is 8.63. The second kappa shape index (κ2) is 5.73. The van der Waals surface area contributed by atoms with Gasteiger partial charge in [0, 0.05) is 18.6 Å². The number of piperidine rings is 1. The lowest BCUT2D eigenvalue weighted by Crippen LogP contribution is -2.55. The predicted octanol–water partition coefficient (Wildman–Crippen LogP) is 3.13. The van der Waals surface area contributed by atoms with Crippen molar-refractivity contribution in [1.82, 2.24) is 10.2 Å². The fourth-order valence-corrected chi connectivity index (χ4v) is 5.05. The summed E-state index contributed by atoms with van der Waals surface area (Å²) in [5, 5.41) is 3.65. The van der Waals surface area contributed by atoms with Gasteiger partial charge >= 0.3 is 0 Å². The molecule has 1 N–H and O–H groups in total. The van der Waals surface area contributed by atoms with Crippen molar-refractivity contribution in [2.45, 2.75) is 65.0 Å². The SMILES string of the molecule is CC1CCC(C(C)C)C(N2CCCC3CNCC32)C1. The molecule has 1 saturated carbocycles. The van der Waals surface area contributed by atoms with Crippen molar-refractivity contribution in [2.75, 3.05) is 19.6 Å². The van der Waals surface area contributed by atoms with Gasteiger partial charge in [0.25, 0.3) is 0 Å². The Morgan fingerprint density at radius 1 is 1.05 bits per heavy atom. The van der Waals surface area contributed by atoms with E-state index in [4.69, 9.17) is 0 Å². The zero-order valence-corrected chi connectivity index (χ0v) is 13.1. The summed E-state index contributed by atoms with van der Waals surface area (Å²) in [6, 6.07) is 1.72. The number of rotatable bonds is 2. The molecule has 2 saturated heterocycles. The zero-order valence-electron chi connectivity index (χ0n) is 13.1. The highest BCUT2D eigenvalue weighted by atomic mass is 15.2. The third-order valence-electron chi connectivity index (χ3n) is 6.13. The molecule has 3 rings (SSSR count). The van der Waals surface area contributed by atoms with E-state index < -0.39 is 0 Å². The van der Waals surface area contributed by atoms with Gasteiger partial charge in [-0.15, -0.1) is 0 Å². The number of nitrogens with one attached hydrogen (secondary N) is 1. The molecule has 19 heavy (non-hydrogen) atoms. The van der Waals surface area contributed by atoms with Crippen molar-refractivity contribution in [1.29, 1.82) is 0 Å². The van der Waals surface area contributed by atoms with Gasteiger partial charge in [-0.1, -0.05) is 27.2 Å². The minimum Gasteiger partial charge on any atom is -0.315 e. The molecule has 2 heteroatoms. The molecule has 2 nitrogen and oxygen atoms in total. The summed E-state index contributed by atoms with van der Waals surface area (Å²) in [6.07, 6.45) is 7.26. The van der Waals surface area contributed by atoms with Crippen LogP contribution < -0.4 is 5.32 Å². The maximum absolute atomic E-state index is 3.65. The fraction of sp³-hybridized carbons (Fsp3) is 1.00. The van der Waals surface area contributed by atoms with Crippen LogP contribution in [0.1, 0.15) is 52.9 Å². The van der Waals surface area contributed by atoms with E-state index in [0.29, 0.717) is 0 Å². The van der Waals surface area contributed by atoms with Crippen LogP contribution in [0.2, 0.25) is 0 Å². The quantitative estimate of drug-likeness (QED) is 0.824. The maximum Gasteiger partial charge on any atom is 0.0264 e. The lowest BCUT2D eigenvalue weighted by molar-refractivity contribution is 0.00188. The van der Waals surface area contributed by atoms with Crippen LogP contribution >= 0.6 is 0 Å². The third-order valence-corrected chi connectivity index (χ3v) is 6.13. The second-order valence-corrected chi connectivity index (χ2v) is 7.76. The molecule has 2 heterocycles. The van der Waals surface area contributed by atoms with Crippen molar-refractivity contribution in [2.24, 2.45) is 23.7 Å². The monoisotopic (exact) mass is 264 g/mol. The Bertz CT molecular complexity index is 302. The molecule has 5 unspecified atom stereocenters. The van der Waals surface area contributed by atoms with Crippen molar-refractivity contribution in [3.8, 4) is 0 Å². The highest BCUT2D eigenvalue weighted by Gasteiger charge is 2.42. The van der Waals surface area contributed by atoms with E-state index in [0.717, 1.165) is 35.8 Å². The van der Waals surface area contributed by atoms with Crippen LogP contribution in [0.25, 0.3) is 0 Å². The average molecular weight is 264 g/mol. The molecular formula is C17H32N2. The van der Waals surface area contributed by atoms with E-state index in [1.165, 1.54) is 51.7 Å². The number of hydrogen-bond donors (Lipinski definition) is 1. The maximum atomic E-state index is 3.65. The number of hydrogen-bond acceptors (Lipinski definition) is 2. The van der Waals surface area contributed by atoms with Gasteiger partial charge in [0.15, 0.2) is 0 Å². The normalized spacial score (nSPS) is 44.5. The molecule has 110 valence electrons. The van der Waals surface area contributed by atoms with Gasteiger partial charge < -0.3 is 5.32 Å². The first-order valence-corrected chi connectivity index (χ1v) is 8.63. The standard InChI is InChI=1S/C17H32N2/c1-12(2)15-7-6-13(3)9-16(15)19-8-4-5-14-10-18-11-17(14)19/h12-18H,4-11H2,1-3H3. The van der Waals surface area contributed by atoms with E-state index in [1.54, 1.807) is 0 Å². The van der Waals surface area contributed by atoms with Crippen LogP contribution in [-0.2, 0) is 0 Å². The number of fused-ring (bicyclic) bond motifs is 1. The Hall–Kier alpha value is -0.0800. The van der Waals surface area contributed by atoms with E-state index in [9.17, 15) is 0 Å². The van der Waals surface area contributed by atoms with E-state index in [-0.39, 0.29) is 0 Å². The van der Waals surface area contributed by atoms with Crippen LogP contribution in [0.3, 0.4) is 0 Å². The highest BCUT2D eigenvalue weighted by molar-refractivity contribution is 4.98. The minimum atomic E-state index is 0.852. The average Bonchev–Trinajstić information content (AvgIpc) is 2.86.